The van der Waals surface area contributed by atoms with Crippen molar-refractivity contribution in [2.75, 3.05) is 0 Å². The van der Waals surface area contributed by atoms with Gasteiger partial charge in [0.25, 0.3) is 0 Å². The van der Waals surface area contributed by atoms with E-state index in [0.717, 1.165) is 0 Å². The van der Waals surface area contributed by atoms with E-state index in [1.54, 1.807) is 0 Å². The molecule has 0 amide bonds. The molecule has 0 fully saturated rings. The Labute approximate surface area is 117 Å². The first-order chi connectivity index (χ1) is 9.17. The predicted molar refractivity (Wildman–Crippen MR) is 87.2 cm³/mol. The molecule has 0 heteroatoms. The Morgan fingerprint density at radius 2 is 1.63 bits per heavy atom. The first-order valence-electron chi connectivity index (χ1n) is 6.54. The van der Waals surface area contributed by atoms with Gasteiger partial charge in [0.2, 0.25) is 0 Å². The minimum atomic E-state index is 1.23. The van der Waals surface area contributed by atoms with E-state index in [-0.39, 0.29) is 0 Å². The fourth-order valence-electron chi connectivity index (χ4n) is 1.81. The van der Waals surface area contributed by atoms with Crippen LogP contribution >= 0.6 is 0 Å². The van der Waals surface area contributed by atoms with Crippen molar-refractivity contribution in [3.05, 3.63) is 83.4 Å². The standard InChI is InChI=1S/C10H12.C9H10/c1-4-10-6-5-8(2)7-9(10)3;1-2-6-9-7-4-3-5-8-9/h4-7H,1H2,2-3H3;2-8H,1H3. The summed E-state index contributed by atoms with van der Waals surface area (Å²) in [6, 6.07) is 16.6. The zero-order valence-corrected chi connectivity index (χ0v) is 12.1. The van der Waals surface area contributed by atoms with Gasteiger partial charge in [0.15, 0.2) is 0 Å². The maximum absolute atomic E-state index is 3.72. The smallest absolute Gasteiger partial charge is 0.0233 e. The van der Waals surface area contributed by atoms with E-state index in [9.17, 15) is 0 Å². The van der Waals surface area contributed by atoms with Crippen molar-refractivity contribution in [3.63, 3.8) is 0 Å². The van der Waals surface area contributed by atoms with E-state index in [1.165, 1.54) is 22.3 Å². The molecule has 0 bridgehead atoms. The van der Waals surface area contributed by atoms with E-state index in [2.05, 4.69) is 56.8 Å². The zero-order chi connectivity index (χ0) is 14.1. The van der Waals surface area contributed by atoms with Gasteiger partial charge in [-0.3, -0.25) is 0 Å². The molecular formula is C19H22. The van der Waals surface area contributed by atoms with Crippen molar-refractivity contribution in [1.29, 1.82) is 0 Å². The minimum absolute atomic E-state index is 1.23. The Bertz CT molecular complexity index is 533. The second-order valence-electron chi connectivity index (χ2n) is 4.47. The third-order valence-corrected chi connectivity index (χ3v) is 2.80. The van der Waals surface area contributed by atoms with Gasteiger partial charge in [0.05, 0.1) is 0 Å². The van der Waals surface area contributed by atoms with Crippen LogP contribution in [0.1, 0.15) is 29.2 Å². The topological polar surface area (TPSA) is 0 Å². The van der Waals surface area contributed by atoms with Crippen LogP contribution in [0.2, 0.25) is 0 Å². The Morgan fingerprint density at radius 3 is 2.16 bits per heavy atom. The van der Waals surface area contributed by atoms with Crippen molar-refractivity contribution in [1.82, 2.24) is 0 Å². The fourth-order valence-corrected chi connectivity index (χ4v) is 1.81. The summed E-state index contributed by atoms with van der Waals surface area (Å²) in [7, 11) is 0. The van der Waals surface area contributed by atoms with Crippen LogP contribution in [-0.2, 0) is 0 Å². The molecule has 0 radical (unpaired) electrons. The highest BCUT2D eigenvalue weighted by Gasteiger charge is 1.91. The molecule has 2 rings (SSSR count). The molecule has 98 valence electrons. The highest BCUT2D eigenvalue weighted by molar-refractivity contribution is 5.52. The molecule has 0 spiro atoms. The molecule has 0 saturated carbocycles. The second kappa shape index (κ2) is 8.10. The van der Waals surface area contributed by atoms with Crippen molar-refractivity contribution < 1.29 is 0 Å². The summed E-state index contributed by atoms with van der Waals surface area (Å²) in [5.74, 6) is 0. The molecule has 0 nitrogen and oxygen atoms in total. The molecule has 0 aliphatic heterocycles. The number of rotatable bonds is 2. The number of hydrogen-bond acceptors (Lipinski definition) is 0. The summed E-state index contributed by atoms with van der Waals surface area (Å²) >= 11 is 0. The molecule has 0 saturated heterocycles. The minimum Gasteiger partial charge on any atom is -0.0985 e. The summed E-state index contributed by atoms with van der Waals surface area (Å²) in [4.78, 5) is 0. The van der Waals surface area contributed by atoms with Gasteiger partial charge in [0, 0.05) is 0 Å². The van der Waals surface area contributed by atoms with Crippen LogP contribution in [-0.4, -0.2) is 0 Å². The number of hydrogen-bond donors (Lipinski definition) is 0. The molecule has 0 aliphatic rings. The zero-order valence-electron chi connectivity index (χ0n) is 12.1. The van der Waals surface area contributed by atoms with Gasteiger partial charge in [-0.15, -0.1) is 0 Å². The molecule has 2 aromatic carbocycles. The average molecular weight is 250 g/mol. The third kappa shape index (κ3) is 5.39. The van der Waals surface area contributed by atoms with Crippen molar-refractivity contribution in [2.45, 2.75) is 20.8 Å². The summed E-state index contributed by atoms with van der Waals surface area (Å²) in [6.45, 7) is 9.94. The van der Waals surface area contributed by atoms with Gasteiger partial charge >= 0.3 is 0 Å². The largest absolute Gasteiger partial charge is 0.0985 e. The Morgan fingerprint density at radius 1 is 0.947 bits per heavy atom. The van der Waals surface area contributed by atoms with Crippen molar-refractivity contribution in [2.24, 2.45) is 0 Å². The highest BCUT2D eigenvalue weighted by Crippen LogP contribution is 2.10. The molecular weight excluding hydrogens is 228 g/mol. The molecule has 0 aromatic heterocycles. The van der Waals surface area contributed by atoms with Crippen LogP contribution in [0.4, 0.5) is 0 Å². The molecule has 19 heavy (non-hydrogen) atoms. The number of benzene rings is 2. The van der Waals surface area contributed by atoms with Gasteiger partial charge < -0.3 is 0 Å². The van der Waals surface area contributed by atoms with E-state index in [1.807, 2.05) is 37.3 Å². The first kappa shape index (κ1) is 15.0. The SMILES string of the molecule is C=Cc1ccc(C)cc1C.CC=Cc1ccccc1. The Hall–Kier alpha value is -2.08. The maximum Gasteiger partial charge on any atom is -0.0233 e. The lowest BCUT2D eigenvalue weighted by atomic mass is 10.1. The van der Waals surface area contributed by atoms with Crippen LogP contribution in [0.25, 0.3) is 12.2 Å². The van der Waals surface area contributed by atoms with Gasteiger partial charge in [-0.1, -0.05) is 78.9 Å². The Kier molecular flexibility index (Phi) is 6.38. The first-order valence-corrected chi connectivity index (χ1v) is 6.54. The summed E-state index contributed by atoms with van der Waals surface area (Å²) in [5, 5.41) is 0. The number of allylic oxidation sites excluding steroid dienone is 1. The molecule has 0 unspecified atom stereocenters. The van der Waals surface area contributed by atoms with E-state index >= 15 is 0 Å². The van der Waals surface area contributed by atoms with Crippen LogP contribution in [0.15, 0.2) is 61.2 Å². The maximum atomic E-state index is 3.72. The monoisotopic (exact) mass is 250 g/mol. The summed E-state index contributed by atoms with van der Waals surface area (Å²) in [6.07, 6.45) is 6.00. The van der Waals surface area contributed by atoms with E-state index in [0.29, 0.717) is 0 Å². The van der Waals surface area contributed by atoms with Gasteiger partial charge in [-0.2, -0.15) is 0 Å². The fraction of sp³-hybridized carbons (Fsp3) is 0.158. The molecule has 0 heterocycles. The van der Waals surface area contributed by atoms with Crippen LogP contribution in [0, 0.1) is 13.8 Å². The molecule has 0 N–H and O–H groups in total. The second-order valence-corrected chi connectivity index (χ2v) is 4.47. The lowest BCUT2D eigenvalue weighted by Crippen LogP contribution is -1.80. The van der Waals surface area contributed by atoms with E-state index in [4.69, 9.17) is 0 Å². The van der Waals surface area contributed by atoms with Gasteiger partial charge in [-0.25, -0.2) is 0 Å². The predicted octanol–water partition coefficient (Wildman–Crippen LogP) is 5.67. The molecule has 0 aliphatic carbocycles. The van der Waals surface area contributed by atoms with Crippen molar-refractivity contribution >= 4 is 12.2 Å². The number of aryl methyl sites for hydroxylation is 2. The average Bonchev–Trinajstić information content (AvgIpc) is 2.41. The molecule has 2 aromatic rings. The van der Waals surface area contributed by atoms with Crippen LogP contribution in [0.5, 0.6) is 0 Å². The highest BCUT2D eigenvalue weighted by atomic mass is 14.0. The quantitative estimate of drug-likeness (QED) is 0.644. The summed E-state index contributed by atoms with van der Waals surface area (Å²) in [5.41, 5.74) is 5.10. The lowest BCUT2D eigenvalue weighted by Gasteiger charge is -1.99. The normalized spacial score (nSPS) is 9.84. The van der Waals surface area contributed by atoms with E-state index < -0.39 is 0 Å². The third-order valence-electron chi connectivity index (χ3n) is 2.80. The van der Waals surface area contributed by atoms with Gasteiger partial charge in [-0.05, 0) is 37.5 Å². The molecule has 0 atom stereocenters. The van der Waals surface area contributed by atoms with Crippen molar-refractivity contribution in [3.8, 4) is 0 Å². The summed E-state index contributed by atoms with van der Waals surface area (Å²) < 4.78 is 0. The van der Waals surface area contributed by atoms with Crippen LogP contribution in [0.3, 0.4) is 0 Å². The van der Waals surface area contributed by atoms with Gasteiger partial charge in [0.1, 0.15) is 0 Å². The lowest BCUT2D eigenvalue weighted by molar-refractivity contribution is 1.37. The van der Waals surface area contributed by atoms with Crippen LogP contribution < -0.4 is 0 Å². The Balaban J connectivity index is 0.000000191.